The van der Waals surface area contributed by atoms with Crippen LogP contribution in [0.1, 0.15) is 20.8 Å². The number of halogens is 1. The van der Waals surface area contributed by atoms with Crippen LogP contribution in [-0.2, 0) is 0 Å². The van der Waals surface area contributed by atoms with E-state index in [-0.39, 0.29) is 11.6 Å². The number of nitrogens with zero attached hydrogens (tertiary/aromatic N) is 1. The third kappa shape index (κ3) is 3.40. The Bertz CT molecular complexity index is 904. The van der Waals surface area contributed by atoms with Crippen molar-refractivity contribution in [2.24, 2.45) is 0 Å². The summed E-state index contributed by atoms with van der Waals surface area (Å²) in [6.07, 6.45) is 0. The summed E-state index contributed by atoms with van der Waals surface area (Å²) in [6, 6.07) is 12.8. The van der Waals surface area contributed by atoms with E-state index < -0.39 is 0 Å². The van der Waals surface area contributed by atoms with E-state index in [1.54, 1.807) is 6.07 Å². The predicted molar refractivity (Wildman–Crippen MR) is 103 cm³/mol. The lowest BCUT2D eigenvalue weighted by atomic mass is 10.0. The van der Waals surface area contributed by atoms with Crippen molar-refractivity contribution in [2.45, 2.75) is 11.8 Å². The monoisotopic (exact) mass is 375 g/mol. The summed E-state index contributed by atoms with van der Waals surface area (Å²) >= 11 is 11.7. The third-order valence-corrected chi connectivity index (χ3v) is 4.98. The average molecular weight is 376 g/mol. The number of carbonyl (C=O) groups excluding carboxylic acids is 1. The van der Waals surface area contributed by atoms with Gasteiger partial charge in [0.1, 0.15) is 10.7 Å². The molecule has 0 aliphatic carbocycles. The number of anilines is 3. The molecule has 4 nitrogen and oxygen atoms in total. The fourth-order valence-electron chi connectivity index (χ4n) is 2.29. The number of nitrogens with two attached hydrogens (primary N) is 1. The Balaban J connectivity index is 1.93. The number of ketones is 1. The number of thiazole rings is 1. The maximum atomic E-state index is 12.8. The quantitative estimate of drug-likeness (QED) is 0.445. The van der Waals surface area contributed by atoms with Crippen LogP contribution in [0.4, 0.5) is 16.6 Å². The molecule has 0 spiro atoms. The first-order chi connectivity index (χ1) is 11.5. The van der Waals surface area contributed by atoms with Gasteiger partial charge >= 0.3 is 0 Å². The van der Waals surface area contributed by atoms with Gasteiger partial charge in [0.25, 0.3) is 0 Å². The second-order valence-corrected chi connectivity index (χ2v) is 7.09. The second kappa shape index (κ2) is 6.84. The first kappa shape index (κ1) is 16.8. The van der Waals surface area contributed by atoms with E-state index in [4.69, 9.17) is 17.3 Å². The largest absolute Gasteiger partial charge is 0.382 e. The number of hydrogen-bond acceptors (Lipinski definition) is 6. The molecule has 0 saturated heterocycles. The van der Waals surface area contributed by atoms with Crippen molar-refractivity contribution in [3.8, 4) is 0 Å². The molecule has 3 rings (SSSR count). The van der Waals surface area contributed by atoms with Gasteiger partial charge in [-0.2, -0.15) is 0 Å². The van der Waals surface area contributed by atoms with Crippen molar-refractivity contribution in [2.75, 3.05) is 11.1 Å². The highest BCUT2D eigenvalue weighted by molar-refractivity contribution is 7.80. The molecule has 0 amide bonds. The van der Waals surface area contributed by atoms with Crippen molar-refractivity contribution >= 4 is 58.0 Å². The summed E-state index contributed by atoms with van der Waals surface area (Å²) in [5, 5.41) is 4.08. The van der Waals surface area contributed by atoms with Gasteiger partial charge in [0.05, 0.1) is 5.02 Å². The molecule has 2 aromatic carbocycles. The molecule has 0 unspecified atom stereocenters. The molecule has 0 bridgehead atoms. The molecule has 0 atom stereocenters. The average Bonchev–Trinajstić information content (AvgIpc) is 2.87. The van der Waals surface area contributed by atoms with Gasteiger partial charge in [-0.05, 0) is 36.8 Å². The summed E-state index contributed by atoms with van der Waals surface area (Å²) in [5.74, 6) is -0.0297. The van der Waals surface area contributed by atoms with E-state index >= 15 is 0 Å². The van der Waals surface area contributed by atoms with Crippen molar-refractivity contribution in [1.82, 2.24) is 4.98 Å². The summed E-state index contributed by atoms with van der Waals surface area (Å²) in [7, 11) is 0. The molecule has 24 heavy (non-hydrogen) atoms. The molecular formula is C17H14ClN3OS2. The Hall–Kier alpha value is -2.02. The maximum Gasteiger partial charge on any atom is 0.208 e. The number of thiol groups is 1. The number of carbonyl (C=O) groups is 1. The standard InChI is InChI=1S/C17H14ClN3OS2/c1-9-4-2-7-12(18)13(9)14(22)15-16(19)21-17(24-15)20-10-5-3-6-11(23)8-10/h2-8,23H,19H2,1H3,(H,20,21). The molecule has 3 N–H and O–H groups in total. The minimum absolute atomic E-state index is 0.189. The van der Waals surface area contributed by atoms with E-state index in [2.05, 4.69) is 22.9 Å². The summed E-state index contributed by atoms with van der Waals surface area (Å²) < 4.78 is 0. The number of nitrogen functional groups attached to an aromatic ring is 1. The molecule has 0 radical (unpaired) electrons. The van der Waals surface area contributed by atoms with Crippen molar-refractivity contribution in [3.63, 3.8) is 0 Å². The molecule has 122 valence electrons. The molecule has 0 saturated carbocycles. The molecule has 0 aliphatic rings. The number of nitrogens with one attached hydrogen (secondary N) is 1. The van der Waals surface area contributed by atoms with Crippen LogP contribution in [0.2, 0.25) is 5.02 Å². The molecule has 3 aromatic rings. The van der Waals surface area contributed by atoms with Crippen LogP contribution < -0.4 is 11.1 Å². The summed E-state index contributed by atoms with van der Waals surface area (Å²) in [5.41, 5.74) is 8.03. The van der Waals surface area contributed by atoms with Gasteiger partial charge < -0.3 is 11.1 Å². The zero-order valence-electron chi connectivity index (χ0n) is 12.7. The zero-order valence-corrected chi connectivity index (χ0v) is 15.2. The Morgan fingerprint density at radius 1 is 1.29 bits per heavy atom. The van der Waals surface area contributed by atoms with Crippen LogP contribution in [0.25, 0.3) is 0 Å². The molecule has 0 fully saturated rings. The topological polar surface area (TPSA) is 68.0 Å². The van der Waals surface area contributed by atoms with Gasteiger partial charge in [0, 0.05) is 16.1 Å². The van der Waals surface area contributed by atoms with Crippen LogP contribution in [0.5, 0.6) is 0 Å². The Morgan fingerprint density at radius 2 is 2.04 bits per heavy atom. The molecular weight excluding hydrogens is 362 g/mol. The Labute approximate surface area is 154 Å². The van der Waals surface area contributed by atoms with Gasteiger partial charge in [-0.25, -0.2) is 4.98 Å². The molecule has 1 heterocycles. The Kier molecular flexibility index (Phi) is 4.80. The van der Waals surface area contributed by atoms with Crippen LogP contribution in [0.15, 0.2) is 47.4 Å². The molecule has 7 heteroatoms. The van der Waals surface area contributed by atoms with E-state index in [0.29, 0.717) is 20.6 Å². The fourth-order valence-corrected chi connectivity index (χ4v) is 3.67. The SMILES string of the molecule is Cc1cccc(Cl)c1C(=O)c1sc(Nc2cccc(S)c2)nc1N. The van der Waals surface area contributed by atoms with Gasteiger partial charge in [0.2, 0.25) is 5.78 Å². The fraction of sp³-hybridized carbons (Fsp3) is 0.0588. The number of hydrogen-bond donors (Lipinski definition) is 3. The lowest BCUT2D eigenvalue weighted by Gasteiger charge is -2.05. The van der Waals surface area contributed by atoms with Gasteiger partial charge in [-0.3, -0.25) is 4.79 Å². The third-order valence-electron chi connectivity index (χ3n) is 3.41. The first-order valence-corrected chi connectivity index (χ1v) is 8.72. The van der Waals surface area contributed by atoms with Crippen molar-refractivity contribution in [3.05, 3.63) is 63.5 Å². The lowest BCUT2D eigenvalue weighted by molar-refractivity contribution is 0.104. The first-order valence-electron chi connectivity index (χ1n) is 7.08. The van der Waals surface area contributed by atoms with E-state index in [1.165, 1.54) is 11.3 Å². The summed E-state index contributed by atoms with van der Waals surface area (Å²) in [4.78, 5) is 18.2. The van der Waals surface area contributed by atoms with Crippen LogP contribution >= 0.6 is 35.6 Å². The minimum atomic E-state index is -0.218. The van der Waals surface area contributed by atoms with Crippen LogP contribution in [0.3, 0.4) is 0 Å². The number of rotatable bonds is 4. The van der Waals surface area contributed by atoms with Gasteiger partial charge in [-0.1, -0.05) is 41.1 Å². The lowest BCUT2D eigenvalue weighted by Crippen LogP contribution is -2.05. The molecule has 0 aliphatic heterocycles. The maximum absolute atomic E-state index is 12.8. The minimum Gasteiger partial charge on any atom is -0.382 e. The van der Waals surface area contributed by atoms with E-state index in [1.807, 2.05) is 43.3 Å². The van der Waals surface area contributed by atoms with Crippen molar-refractivity contribution < 1.29 is 4.79 Å². The highest BCUT2D eigenvalue weighted by atomic mass is 35.5. The van der Waals surface area contributed by atoms with Crippen LogP contribution in [0, 0.1) is 6.92 Å². The van der Waals surface area contributed by atoms with Gasteiger partial charge in [0.15, 0.2) is 5.13 Å². The van der Waals surface area contributed by atoms with E-state index in [0.717, 1.165) is 16.1 Å². The Morgan fingerprint density at radius 3 is 2.75 bits per heavy atom. The van der Waals surface area contributed by atoms with Crippen molar-refractivity contribution in [1.29, 1.82) is 0 Å². The molecule has 1 aromatic heterocycles. The number of aromatic nitrogens is 1. The zero-order chi connectivity index (χ0) is 17.3. The number of benzene rings is 2. The van der Waals surface area contributed by atoms with Gasteiger partial charge in [-0.15, -0.1) is 12.6 Å². The second-order valence-electron chi connectivity index (χ2n) is 5.17. The normalized spacial score (nSPS) is 10.6. The van der Waals surface area contributed by atoms with E-state index in [9.17, 15) is 4.79 Å². The smallest absolute Gasteiger partial charge is 0.208 e. The number of aryl methyl sites for hydroxylation is 1. The highest BCUT2D eigenvalue weighted by Crippen LogP contribution is 2.32. The van der Waals surface area contributed by atoms with Crippen LogP contribution in [-0.4, -0.2) is 10.8 Å². The highest BCUT2D eigenvalue weighted by Gasteiger charge is 2.21. The predicted octanol–water partition coefficient (Wildman–Crippen LogP) is 4.95. The summed E-state index contributed by atoms with van der Waals surface area (Å²) in [6.45, 7) is 1.84.